The Morgan fingerprint density at radius 3 is 2.58 bits per heavy atom. The van der Waals surface area contributed by atoms with Gasteiger partial charge in [0.05, 0.1) is 10.4 Å². The van der Waals surface area contributed by atoms with Crippen LogP contribution in [0.4, 0.5) is 17.5 Å². The van der Waals surface area contributed by atoms with Crippen LogP contribution in [0.2, 0.25) is 0 Å². The molecule has 0 unspecified atom stereocenters. The van der Waals surface area contributed by atoms with Gasteiger partial charge in [0.1, 0.15) is 5.82 Å². The van der Waals surface area contributed by atoms with Crippen LogP contribution in [0.3, 0.4) is 0 Å². The number of rotatable bonds is 6. The Labute approximate surface area is 198 Å². The van der Waals surface area contributed by atoms with Gasteiger partial charge in [-0.05, 0) is 49.2 Å². The molecule has 0 bridgehead atoms. The first-order valence-corrected chi connectivity index (χ1v) is 11.1. The molecule has 0 spiro atoms. The lowest BCUT2D eigenvalue weighted by Crippen LogP contribution is -2.14. The van der Waals surface area contributed by atoms with Crippen molar-refractivity contribution in [1.29, 1.82) is 0 Å². The molecule has 0 saturated heterocycles. The minimum atomic E-state index is -3.81. The Balaban J connectivity index is 0.00000193. The molecule has 0 aliphatic heterocycles. The molecule has 10 nitrogen and oxygen atoms in total. The van der Waals surface area contributed by atoms with Gasteiger partial charge in [-0.1, -0.05) is 18.2 Å². The standard InChI is InChI=1S/C21H23N7O2S.ClH.H2O/c1-13-4-6-16(11-19(13)31(22,29)30)25-21-23-9-8-20(26-21)24-12-15-5-7-17-14(2)28(3)27-18(17)10-15;;/h4-11H,12H2,1-3H3,(H2,22,29,30)(H2,23,24,25,26);1H;1H2. The van der Waals surface area contributed by atoms with Gasteiger partial charge >= 0.3 is 0 Å². The average molecular weight is 492 g/mol. The molecule has 12 heteroatoms. The molecule has 0 fully saturated rings. The third-order valence-electron chi connectivity index (χ3n) is 5.08. The zero-order valence-electron chi connectivity index (χ0n) is 18.3. The summed E-state index contributed by atoms with van der Waals surface area (Å²) in [6.45, 7) is 4.30. The summed E-state index contributed by atoms with van der Waals surface area (Å²) >= 11 is 0. The van der Waals surface area contributed by atoms with E-state index in [1.54, 1.807) is 31.3 Å². The van der Waals surface area contributed by atoms with Gasteiger partial charge in [0, 0.05) is 36.6 Å². The molecule has 2 aromatic carbocycles. The number of halogens is 1. The molecular formula is C21H26ClN7O3S. The van der Waals surface area contributed by atoms with Crippen molar-refractivity contribution in [2.24, 2.45) is 12.2 Å². The van der Waals surface area contributed by atoms with E-state index in [1.807, 2.05) is 18.7 Å². The quantitative estimate of drug-likeness (QED) is 0.373. The van der Waals surface area contributed by atoms with Crippen LogP contribution in [0.25, 0.3) is 10.9 Å². The molecule has 0 amide bonds. The number of primary sulfonamides is 1. The molecular weight excluding hydrogens is 466 g/mol. The van der Waals surface area contributed by atoms with Crippen LogP contribution in [-0.4, -0.2) is 33.6 Å². The number of aromatic nitrogens is 4. The highest BCUT2D eigenvalue weighted by atomic mass is 35.5. The smallest absolute Gasteiger partial charge is 0.238 e. The molecule has 0 aliphatic carbocycles. The monoisotopic (exact) mass is 491 g/mol. The average Bonchev–Trinajstić information content (AvgIpc) is 3.00. The van der Waals surface area contributed by atoms with Gasteiger partial charge in [0.15, 0.2) is 0 Å². The maximum atomic E-state index is 11.7. The Kier molecular flexibility index (Phi) is 7.98. The van der Waals surface area contributed by atoms with E-state index in [2.05, 4.69) is 43.9 Å². The van der Waals surface area contributed by atoms with E-state index in [0.29, 0.717) is 29.6 Å². The van der Waals surface area contributed by atoms with Crippen molar-refractivity contribution < 1.29 is 13.9 Å². The van der Waals surface area contributed by atoms with Gasteiger partial charge in [-0.15, -0.1) is 12.4 Å². The number of aryl methyl sites for hydroxylation is 3. The second-order valence-corrected chi connectivity index (χ2v) is 8.86. The highest BCUT2D eigenvalue weighted by molar-refractivity contribution is 7.89. The first-order chi connectivity index (χ1) is 14.7. The van der Waals surface area contributed by atoms with Gasteiger partial charge < -0.3 is 16.1 Å². The van der Waals surface area contributed by atoms with Gasteiger partial charge in [-0.3, -0.25) is 4.68 Å². The molecule has 176 valence electrons. The third-order valence-corrected chi connectivity index (χ3v) is 6.13. The summed E-state index contributed by atoms with van der Waals surface area (Å²) in [6, 6.07) is 12.8. The lowest BCUT2D eigenvalue weighted by Gasteiger charge is -2.10. The van der Waals surface area contributed by atoms with Crippen LogP contribution in [-0.2, 0) is 23.6 Å². The Hall–Kier alpha value is -3.25. The fraction of sp³-hybridized carbons (Fsp3) is 0.190. The maximum absolute atomic E-state index is 11.7. The number of anilines is 3. The van der Waals surface area contributed by atoms with Gasteiger partial charge in [0.25, 0.3) is 0 Å². The van der Waals surface area contributed by atoms with Crippen molar-refractivity contribution in [2.45, 2.75) is 25.3 Å². The molecule has 0 saturated carbocycles. The van der Waals surface area contributed by atoms with Crippen LogP contribution in [0, 0.1) is 13.8 Å². The topological polar surface area (TPSA) is 159 Å². The molecule has 33 heavy (non-hydrogen) atoms. The van der Waals surface area contributed by atoms with E-state index < -0.39 is 10.0 Å². The van der Waals surface area contributed by atoms with Crippen LogP contribution in [0.1, 0.15) is 16.8 Å². The molecule has 2 aromatic heterocycles. The molecule has 0 radical (unpaired) electrons. The van der Waals surface area contributed by atoms with E-state index in [9.17, 15) is 8.42 Å². The van der Waals surface area contributed by atoms with Gasteiger partial charge in [-0.25, -0.2) is 18.5 Å². The van der Waals surface area contributed by atoms with E-state index in [-0.39, 0.29) is 22.8 Å². The minimum absolute atomic E-state index is 0. The number of nitrogens with zero attached hydrogens (tertiary/aromatic N) is 4. The molecule has 2 heterocycles. The predicted octanol–water partition coefficient (Wildman–Crippen LogP) is 2.58. The van der Waals surface area contributed by atoms with Crippen LogP contribution in [0.5, 0.6) is 0 Å². The first kappa shape index (κ1) is 26.0. The molecule has 0 atom stereocenters. The Morgan fingerprint density at radius 1 is 1.09 bits per heavy atom. The Morgan fingerprint density at radius 2 is 1.85 bits per heavy atom. The number of benzene rings is 2. The summed E-state index contributed by atoms with van der Waals surface area (Å²) in [7, 11) is -1.88. The summed E-state index contributed by atoms with van der Waals surface area (Å²) in [5, 5.41) is 17.2. The fourth-order valence-corrected chi connectivity index (χ4v) is 4.12. The SMILES string of the molecule is Cc1ccc(Nc2nccc(NCc3ccc4c(C)n(C)nc4c3)n2)cc1S(N)(=O)=O.Cl.O. The van der Waals surface area contributed by atoms with Crippen molar-refractivity contribution in [3.63, 3.8) is 0 Å². The van der Waals surface area contributed by atoms with Crippen LogP contribution < -0.4 is 15.8 Å². The highest BCUT2D eigenvalue weighted by Gasteiger charge is 2.13. The molecule has 4 aromatic rings. The number of hydrogen-bond donors (Lipinski definition) is 3. The number of hydrogen-bond acceptors (Lipinski definition) is 7. The van der Waals surface area contributed by atoms with Crippen molar-refractivity contribution >= 4 is 50.8 Å². The van der Waals surface area contributed by atoms with E-state index in [4.69, 9.17) is 5.14 Å². The molecule has 6 N–H and O–H groups in total. The van der Waals surface area contributed by atoms with Crippen molar-refractivity contribution in [2.75, 3.05) is 10.6 Å². The number of sulfonamides is 1. The van der Waals surface area contributed by atoms with Crippen molar-refractivity contribution in [3.05, 3.63) is 65.5 Å². The lowest BCUT2D eigenvalue weighted by molar-refractivity contribution is 0.597. The summed E-state index contributed by atoms with van der Waals surface area (Å²) in [5.41, 5.74) is 4.26. The summed E-state index contributed by atoms with van der Waals surface area (Å²) in [5.74, 6) is 0.971. The Bertz CT molecular complexity index is 1390. The normalized spacial score (nSPS) is 10.9. The highest BCUT2D eigenvalue weighted by Crippen LogP contribution is 2.22. The van der Waals surface area contributed by atoms with Crippen molar-refractivity contribution in [3.8, 4) is 0 Å². The van der Waals surface area contributed by atoms with E-state index in [0.717, 1.165) is 22.2 Å². The first-order valence-electron chi connectivity index (χ1n) is 9.60. The maximum Gasteiger partial charge on any atom is 0.238 e. The predicted molar refractivity (Wildman–Crippen MR) is 132 cm³/mol. The van der Waals surface area contributed by atoms with Crippen LogP contribution >= 0.6 is 12.4 Å². The van der Waals surface area contributed by atoms with E-state index >= 15 is 0 Å². The lowest BCUT2D eigenvalue weighted by atomic mass is 10.1. The summed E-state index contributed by atoms with van der Waals surface area (Å²) < 4.78 is 25.3. The van der Waals surface area contributed by atoms with Gasteiger partial charge in [0.2, 0.25) is 16.0 Å². The zero-order valence-corrected chi connectivity index (χ0v) is 20.0. The fourth-order valence-electron chi connectivity index (χ4n) is 3.31. The zero-order chi connectivity index (χ0) is 22.2. The molecule has 0 aliphatic rings. The summed E-state index contributed by atoms with van der Waals surface area (Å²) in [4.78, 5) is 8.71. The number of nitrogens with one attached hydrogen (secondary N) is 2. The van der Waals surface area contributed by atoms with Crippen LogP contribution in [0.15, 0.2) is 53.6 Å². The second kappa shape index (κ2) is 10.1. The minimum Gasteiger partial charge on any atom is -0.412 e. The number of nitrogens with two attached hydrogens (primary N) is 1. The van der Waals surface area contributed by atoms with Crippen molar-refractivity contribution in [1.82, 2.24) is 19.7 Å². The van der Waals surface area contributed by atoms with E-state index in [1.165, 1.54) is 6.07 Å². The third kappa shape index (κ3) is 5.76. The second-order valence-electron chi connectivity index (χ2n) is 7.33. The number of fused-ring (bicyclic) bond motifs is 1. The van der Waals surface area contributed by atoms with Gasteiger partial charge in [-0.2, -0.15) is 10.1 Å². The molecule has 4 rings (SSSR count). The largest absolute Gasteiger partial charge is 0.412 e. The summed E-state index contributed by atoms with van der Waals surface area (Å²) in [6.07, 6.45) is 1.62.